The number of hydrogen-bond acceptors (Lipinski definition) is 6. The van der Waals surface area contributed by atoms with Crippen molar-refractivity contribution >= 4 is 17.9 Å². The predicted octanol–water partition coefficient (Wildman–Crippen LogP) is 16.1. The number of ether oxygens (including phenoxy) is 3. The van der Waals surface area contributed by atoms with Crippen LogP contribution in [0.25, 0.3) is 0 Å². The largest absolute Gasteiger partial charge is 0.462 e. The molecule has 0 aromatic rings. The van der Waals surface area contributed by atoms with E-state index in [9.17, 15) is 14.4 Å². The van der Waals surface area contributed by atoms with Crippen molar-refractivity contribution in [2.75, 3.05) is 13.2 Å². The van der Waals surface area contributed by atoms with E-state index in [1.54, 1.807) is 0 Å². The molecule has 0 aromatic carbocycles. The SMILES string of the molecule is CC/C=C/C/C=C/C/C=C/C/C=C/CCCCC(=O)OCC(COC(=O)CCCC/C=C/C/C=C/C/C=C/C/C=C/CC)OC(=O)CCCC/C=C/C/C=C/C/C=C/C/C=C/CC. The van der Waals surface area contributed by atoms with Gasteiger partial charge in [0.25, 0.3) is 0 Å². The third kappa shape index (κ3) is 48.2. The van der Waals surface area contributed by atoms with Crippen molar-refractivity contribution in [3.8, 4) is 0 Å². The first-order valence-corrected chi connectivity index (χ1v) is 24.3. The summed E-state index contributed by atoms with van der Waals surface area (Å²) in [4.78, 5) is 37.9. The second-order valence-corrected chi connectivity index (χ2v) is 15.2. The number of carbonyl (C=O) groups is 3. The molecular formula is C57H86O6. The van der Waals surface area contributed by atoms with Crippen molar-refractivity contribution in [3.05, 3.63) is 146 Å². The zero-order chi connectivity index (χ0) is 45.8. The number of unbranched alkanes of at least 4 members (excludes halogenated alkanes) is 6. The first-order valence-electron chi connectivity index (χ1n) is 24.3. The van der Waals surface area contributed by atoms with Crippen LogP contribution in [0, 0.1) is 0 Å². The third-order valence-corrected chi connectivity index (χ3v) is 9.32. The van der Waals surface area contributed by atoms with E-state index in [0.29, 0.717) is 19.3 Å². The average molecular weight is 867 g/mol. The molecule has 0 N–H and O–H groups in total. The minimum atomic E-state index is -0.839. The zero-order valence-corrected chi connectivity index (χ0v) is 39.8. The number of esters is 3. The summed E-state index contributed by atoms with van der Waals surface area (Å²) in [6.07, 6.45) is 71.2. The molecule has 0 rings (SSSR count). The summed E-state index contributed by atoms with van der Waals surface area (Å²) in [6.45, 7) is 6.15. The fraction of sp³-hybridized carbons (Fsp3) is 0.526. The van der Waals surface area contributed by atoms with E-state index in [1.807, 2.05) is 0 Å². The molecule has 0 amide bonds. The molecule has 0 atom stereocenters. The normalized spacial score (nSPS) is 13.0. The maximum absolute atomic E-state index is 12.8. The Balaban J connectivity index is 4.63. The van der Waals surface area contributed by atoms with Gasteiger partial charge in [-0.25, -0.2) is 0 Å². The van der Waals surface area contributed by atoms with Crippen LogP contribution in [0.5, 0.6) is 0 Å². The number of carbonyl (C=O) groups excluding carboxylic acids is 3. The van der Waals surface area contributed by atoms with E-state index >= 15 is 0 Å². The molecule has 350 valence electrons. The maximum Gasteiger partial charge on any atom is 0.306 e. The van der Waals surface area contributed by atoms with Crippen LogP contribution < -0.4 is 0 Å². The molecule has 0 radical (unpaired) electrons. The molecule has 0 saturated heterocycles. The summed E-state index contributed by atoms with van der Waals surface area (Å²) in [5.41, 5.74) is 0. The van der Waals surface area contributed by atoms with Gasteiger partial charge in [-0.1, -0.05) is 167 Å². The van der Waals surface area contributed by atoms with Crippen molar-refractivity contribution in [3.63, 3.8) is 0 Å². The summed E-state index contributed by atoms with van der Waals surface area (Å²) >= 11 is 0. The molecule has 0 heterocycles. The Morgan fingerprint density at radius 1 is 0.317 bits per heavy atom. The highest BCUT2D eigenvalue weighted by molar-refractivity contribution is 5.71. The number of allylic oxidation sites excluding steroid dienone is 24. The van der Waals surface area contributed by atoms with Gasteiger partial charge < -0.3 is 14.2 Å². The van der Waals surface area contributed by atoms with Gasteiger partial charge in [0.05, 0.1) is 0 Å². The molecule has 0 spiro atoms. The summed E-state index contributed by atoms with van der Waals surface area (Å²) < 4.78 is 16.7. The highest BCUT2D eigenvalue weighted by atomic mass is 16.6. The van der Waals surface area contributed by atoms with Gasteiger partial charge in [-0.2, -0.15) is 0 Å². The van der Waals surface area contributed by atoms with E-state index in [2.05, 4.69) is 167 Å². The van der Waals surface area contributed by atoms with Crippen LogP contribution in [-0.2, 0) is 28.6 Å². The molecule has 0 aliphatic carbocycles. The van der Waals surface area contributed by atoms with Crippen LogP contribution >= 0.6 is 0 Å². The van der Waals surface area contributed by atoms with Gasteiger partial charge in [-0.3, -0.25) is 14.4 Å². The molecule has 0 aliphatic heterocycles. The van der Waals surface area contributed by atoms with Crippen LogP contribution in [0.4, 0.5) is 0 Å². The zero-order valence-electron chi connectivity index (χ0n) is 39.8. The molecule has 6 heteroatoms. The summed E-state index contributed by atoms with van der Waals surface area (Å²) in [5.74, 6) is -1.07. The smallest absolute Gasteiger partial charge is 0.306 e. The topological polar surface area (TPSA) is 78.9 Å². The Morgan fingerprint density at radius 2 is 0.556 bits per heavy atom. The Hall–Kier alpha value is -4.71. The Kier molecular flexibility index (Phi) is 46.2. The minimum Gasteiger partial charge on any atom is -0.462 e. The fourth-order valence-corrected chi connectivity index (χ4v) is 5.76. The van der Waals surface area contributed by atoms with E-state index in [-0.39, 0.29) is 50.4 Å². The van der Waals surface area contributed by atoms with Crippen LogP contribution in [-0.4, -0.2) is 37.2 Å². The summed E-state index contributed by atoms with van der Waals surface area (Å²) in [5, 5.41) is 0. The van der Waals surface area contributed by atoms with Gasteiger partial charge in [0.15, 0.2) is 6.10 Å². The second kappa shape index (κ2) is 49.9. The van der Waals surface area contributed by atoms with Crippen molar-refractivity contribution < 1.29 is 28.6 Å². The van der Waals surface area contributed by atoms with Gasteiger partial charge in [-0.05, 0) is 135 Å². The summed E-state index contributed by atoms with van der Waals surface area (Å²) in [7, 11) is 0. The molecular weight excluding hydrogens is 781 g/mol. The molecule has 0 bridgehead atoms. The molecule has 0 aromatic heterocycles. The van der Waals surface area contributed by atoms with Gasteiger partial charge in [-0.15, -0.1) is 0 Å². The van der Waals surface area contributed by atoms with Crippen molar-refractivity contribution in [2.45, 2.75) is 181 Å². The van der Waals surface area contributed by atoms with Crippen molar-refractivity contribution in [2.24, 2.45) is 0 Å². The van der Waals surface area contributed by atoms with Crippen molar-refractivity contribution in [1.29, 1.82) is 0 Å². The van der Waals surface area contributed by atoms with E-state index in [4.69, 9.17) is 14.2 Å². The number of hydrogen-bond donors (Lipinski definition) is 0. The molecule has 63 heavy (non-hydrogen) atoms. The minimum absolute atomic E-state index is 0.136. The highest BCUT2D eigenvalue weighted by Gasteiger charge is 2.19. The van der Waals surface area contributed by atoms with Gasteiger partial charge in [0.1, 0.15) is 13.2 Å². The van der Waals surface area contributed by atoms with Gasteiger partial charge >= 0.3 is 17.9 Å². The maximum atomic E-state index is 12.8. The lowest BCUT2D eigenvalue weighted by atomic mass is 10.1. The van der Waals surface area contributed by atoms with Crippen molar-refractivity contribution in [1.82, 2.24) is 0 Å². The first-order chi connectivity index (χ1) is 31.0. The van der Waals surface area contributed by atoms with Gasteiger partial charge in [0.2, 0.25) is 0 Å². The van der Waals surface area contributed by atoms with Crippen LogP contribution in [0.15, 0.2) is 146 Å². The van der Waals surface area contributed by atoms with Crippen LogP contribution in [0.3, 0.4) is 0 Å². The van der Waals surface area contributed by atoms with E-state index in [0.717, 1.165) is 116 Å². The van der Waals surface area contributed by atoms with Crippen LogP contribution in [0.2, 0.25) is 0 Å². The van der Waals surface area contributed by atoms with Crippen LogP contribution in [0.1, 0.15) is 175 Å². The summed E-state index contributed by atoms with van der Waals surface area (Å²) in [6, 6.07) is 0. The predicted molar refractivity (Wildman–Crippen MR) is 269 cm³/mol. The monoisotopic (exact) mass is 867 g/mol. The Morgan fingerprint density at radius 3 is 0.825 bits per heavy atom. The quantitative estimate of drug-likeness (QED) is 0.0264. The first kappa shape index (κ1) is 58.3. The average Bonchev–Trinajstić information content (AvgIpc) is 3.28. The second-order valence-electron chi connectivity index (χ2n) is 15.2. The Labute approximate surface area is 385 Å². The fourth-order valence-electron chi connectivity index (χ4n) is 5.76. The molecule has 6 nitrogen and oxygen atoms in total. The standard InChI is InChI=1S/C57H86O6/c1-4-7-10-13-16-19-22-25-28-31-34-37-40-43-46-49-55(58)61-52-54(63-57(60)51-48-45-42-39-36-33-30-27-24-21-18-15-12-9-6-3)53-62-56(59)50-47-44-41-38-35-32-29-26-23-20-17-14-11-8-5-2/h7-12,16-21,25-30,34-39,54H,4-6,13-15,22-24,31-33,40-53H2,1-3H3/b10-7+,11-8+,12-9+,19-16+,20-17+,21-18+,28-25+,29-26+,30-27+,37-34+,38-35+,39-36+. The van der Waals surface area contributed by atoms with E-state index < -0.39 is 6.10 Å². The lowest BCUT2D eigenvalue weighted by Gasteiger charge is -2.18. The Bertz CT molecular complexity index is 1390. The lowest BCUT2D eigenvalue weighted by molar-refractivity contribution is -0.167. The molecule has 0 aliphatic rings. The third-order valence-electron chi connectivity index (χ3n) is 9.32. The van der Waals surface area contributed by atoms with Gasteiger partial charge in [0, 0.05) is 19.3 Å². The molecule has 0 fully saturated rings. The molecule has 0 unspecified atom stereocenters. The highest BCUT2D eigenvalue weighted by Crippen LogP contribution is 2.10. The van der Waals surface area contributed by atoms with E-state index in [1.165, 1.54) is 0 Å². The lowest BCUT2D eigenvalue weighted by Crippen LogP contribution is -2.30. The number of rotatable bonds is 41. The molecule has 0 saturated carbocycles.